The third-order valence-electron chi connectivity index (χ3n) is 6.62. The largest absolute Gasteiger partial charge is 0.458 e. The quantitative estimate of drug-likeness (QED) is 0.206. The molecule has 1 atom stereocenters. The Morgan fingerprint density at radius 1 is 0.909 bits per heavy atom. The molecule has 1 aromatic heterocycles. The van der Waals surface area contributed by atoms with E-state index < -0.39 is 23.9 Å². The second-order valence-corrected chi connectivity index (χ2v) is 10.3. The van der Waals surface area contributed by atoms with Crippen LogP contribution in [0.2, 0.25) is 5.02 Å². The molecule has 234 valence electrons. The number of fused-ring (bicyclic) bond motifs is 6. The van der Waals surface area contributed by atoms with E-state index in [4.69, 9.17) is 11.6 Å². The van der Waals surface area contributed by atoms with Crippen molar-refractivity contribution in [3.63, 3.8) is 0 Å². The summed E-state index contributed by atoms with van der Waals surface area (Å²) in [6, 6.07) is 14.1. The van der Waals surface area contributed by atoms with Gasteiger partial charge in [-0.1, -0.05) is 23.7 Å². The Balaban J connectivity index is 0.000000314. The molecule has 2 aliphatic rings. The van der Waals surface area contributed by atoms with Crippen LogP contribution < -0.4 is 21.3 Å². The van der Waals surface area contributed by atoms with Gasteiger partial charge in [-0.05, 0) is 73.7 Å². The maximum absolute atomic E-state index is 12.9. The number of Topliss-reactive ketones (excluding diaryl/α,β-unsaturated/α-hetero) is 2. The normalized spacial score (nSPS) is 16.3. The third kappa shape index (κ3) is 8.66. The molecule has 16 heteroatoms. The van der Waals surface area contributed by atoms with Crippen LogP contribution in [0.5, 0.6) is 0 Å². The van der Waals surface area contributed by atoms with Crippen molar-refractivity contribution < 1.29 is 40.7 Å². The number of piperidine rings is 1. The number of carbonyl (C=O) groups excluding carboxylic acids is 3. The number of amides is 1. The van der Waals surface area contributed by atoms with E-state index in [1.165, 1.54) is 5.56 Å². The summed E-state index contributed by atoms with van der Waals surface area (Å²) >= 11 is 6.34. The summed E-state index contributed by atoms with van der Waals surface area (Å²) in [6.07, 6.45) is -6.39. The van der Waals surface area contributed by atoms with Gasteiger partial charge in [0.05, 0.1) is 12.1 Å². The second kappa shape index (κ2) is 13.6. The maximum Gasteiger partial charge on any atom is 0.458 e. The van der Waals surface area contributed by atoms with Crippen LogP contribution in [0.1, 0.15) is 24.0 Å². The molecular formula is C28H25ClF6N6O3. The molecule has 44 heavy (non-hydrogen) atoms. The molecule has 0 saturated carbocycles. The zero-order valence-corrected chi connectivity index (χ0v) is 23.5. The van der Waals surface area contributed by atoms with E-state index in [0.717, 1.165) is 61.4 Å². The van der Waals surface area contributed by atoms with Gasteiger partial charge >= 0.3 is 23.9 Å². The van der Waals surface area contributed by atoms with Crippen molar-refractivity contribution in [3.8, 4) is 0 Å². The number of rotatable bonds is 3. The monoisotopic (exact) mass is 642 g/mol. The first-order chi connectivity index (χ1) is 20.7. The molecule has 1 amide bonds. The average molecular weight is 643 g/mol. The number of aryl methyl sites for hydroxylation is 2. The highest BCUT2D eigenvalue weighted by Gasteiger charge is 2.54. The molecule has 1 unspecified atom stereocenters. The highest BCUT2D eigenvalue weighted by molar-refractivity contribution is 6.41. The standard InChI is InChI=1S/C24H25ClN6O.C4F6O2/c25-20-14-27-24-29-18-5-1-3-15(11-18)6-7-16-12-19(28-22(20)31-24)8-9-21(16)30-23(32)17-4-2-10-26-13-17;5-3(6,7)1(11)2(12)4(8,9)10/h1,3,5,8-9,11-12,14,17,26H,2,4,6-7,10,13H2,(H,30,32)(H2,27,28,29,31);. The van der Waals surface area contributed by atoms with Gasteiger partial charge < -0.3 is 21.3 Å². The summed E-state index contributed by atoms with van der Waals surface area (Å²) in [6.45, 7) is 1.71. The Bertz CT molecular complexity index is 1520. The van der Waals surface area contributed by atoms with Gasteiger partial charge in [-0.3, -0.25) is 14.4 Å². The number of nitrogens with zero attached hydrogens (tertiary/aromatic N) is 2. The van der Waals surface area contributed by atoms with Gasteiger partial charge in [-0.15, -0.1) is 0 Å². The van der Waals surface area contributed by atoms with Gasteiger partial charge in [0.2, 0.25) is 11.9 Å². The number of alkyl halides is 6. The van der Waals surface area contributed by atoms with Crippen LogP contribution >= 0.6 is 11.6 Å². The van der Waals surface area contributed by atoms with E-state index in [0.29, 0.717) is 16.8 Å². The summed E-state index contributed by atoms with van der Waals surface area (Å²) < 4.78 is 67.0. The van der Waals surface area contributed by atoms with E-state index in [-0.39, 0.29) is 11.8 Å². The molecule has 6 bridgehead atoms. The number of nitrogens with one attached hydrogen (secondary N) is 4. The predicted octanol–water partition coefficient (Wildman–Crippen LogP) is 5.90. The van der Waals surface area contributed by atoms with Crippen LogP contribution in [-0.2, 0) is 27.2 Å². The van der Waals surface area contributed by atoms with Gasteiger partial charge in [-0.25, -0.2) is 4.98 Å². The number of ketones is 2. The second-order valence-electron chi connectivity index (χ2n) is 9.90. The van der Waals surface area contributed by atoms with Gasteiger partial charge in [0.15, 0.2) is 5.82 Å². The molecule has 3 heterocycles. The van der Waals surface area contributed by atoms with Crippen molar-refractivity contribution in [2.24, 2.45) is 5.92 Å². The molecule has 0 spiro atoms. The zero-order chi connectivity index (χ0) is 32.1. The summed E-state index contributed by atoms with van der Waals surface area (Å²) in [5.74, 6) is -5.74. The van der Waals surface area contributed by atoms with Gasteiger partial charge in [-0.2, -0.15) is 31.3 Å². The molecule has 2 aliphatic heterocycles. The van der Waals surface area contributed by atoms with Crippen molar-refractivity contribution in [1.82, 2.24) is 15.3 Å². The molecule has 4 N–H and O–H groups in total. The van der Waals surface area contributed by atoms with Gasteiger partial charge in [0.25, 0.3) is 0 Å². The van der Waals surface area contributed by atoms with Crippen LogP contribution in [0.25, 0.3) is 0 Å². The van der Waals surface area contributed by atoms with E-state index in [9.17, 15) is 40.7 Å². The third-order valence-corrected chi connectivity index (χ3v) is 6.90. The van der Waals surface area contributed by atoms with E-state index >= 15 is 0 Å². The lowest BCUT2D eigenvalue weighted by molar-refractivity contribution is -0.193. The molecule has 1 fully saturated rings. The van der Waals surface area contributed by atoms with E-state index in [2.05, 4.69) is 49.4 Å². The molecule has 0 aliphatic carbocycles. The lowest BCUT2D eigenvalue weighted by atomic mass is 9.97. The van der Waals surface area contributed by atoms with Crippen LogP contribution in [0.3, 0.4) is 0 Å². The summed E-state index contributed by atoms with van der Waals surface area (Å²) in [4.78, 5) is 40.9. The SMILES string of the molecule is O=C(C(=O)C(F)(F)F)C(F)(F)F.O=C(Nc1ccc2cc1CCc1cccc(c1)Nc1ncc(Cl)c(n1)N2)C1CCCNC1. The molecule has 0 radical (unpaired) electrons. The smallest absolute Gasteiger partial charge is 0.339 e. The Labute approximate surface area is 251 Å². The molecule has 5 rings (SSSR count). The van der Waals surface area contributed by atoms with Crippen LogP contribution in [-0.4, -0.2) is 52.9 Å². The molecular weight excluding hydrogens is 618 g/mol. The minimum absolute atomic E-state index is 0.00418. The summed E-state index contributed by atoms with van der Waals surface area (Å²) in [7, 11) is 0. The van der Waals surface area contributed by atoms with Crippen LogP contribution in [0.15, 0.2) is 48.7 Å². The number of carbonyl (C=O) groups is 3. The number of anilines is 5. The van der Waals surface area contributed by atoms with Gasteiger partial charge in [0.1, 0.15) is 5.02 Å². The number of hydrogen-bond donors (Lipinski definition) is 4. The fourth-order valence-electron chi connectivity index (χ4n) is 4.43. The van der Waals surface area contributed by atoms with Crippen molar-refractivity contribution in [1.29, 1.82) is 0 Å². The number of hydrogen-bond acceptors (Lipinski definition) is 8. The Hall–Kier alpha value is -4.24. The highest BCUT2D eigenvalue weighted by Crippen LogP contribution is 2.30. The topological polar surface area (TPSA) is 125 Å². The fourth-order valence-corrected chi connectivity index (χ4v) is 4.57. The van der Waals surface area contributed by atoms with Crippen molar-refractivity contribution in [2.75, 3.05) is 29.0 Å². The molecule has 9 nitrogen and oxygen atoms in total. The first kappa shape index (κ1) is 32.7. The predicted molar refractivity (Wildman–Crippen MR) is 150 cm³/mol. The lowest BCUT2D eigenvalue weighted by Gasteiger charge is -2.23. The van der Waals surface area contributed by atoms with Gasteiger partial charge in [0, 0.05) is 23.6 Å². The zero-order valence-electron chi connectivity index (χ0n) is 22.7. The Morgan fingerprint density at radius 2 is 1.61 bits per heavy atom. The van der Waals surface area contributed by atoms with Crippen molar-refractivity contribution in [2.45, 2.75) is 38.0 Å². The Morgan fingerprint density at radius 3 is 2.27 bits per heavy atom. The molecule has 2 aromatic carbocycles. The van der Waals surface area contributed by atoms with Crippen molar-refractivity contribution >= 4 is 57.9 Å². The lowest BCUT2D eigenvalue weighted by Crippen LogP contribution is -2.39. The molecule has 3 aromatic rings. The average Bonchev–Trinajstić information content (AvgIpc) is 2.98. The minimum atomic E-state index is -5.77. The van der Waals surface area contributed by atoms with E-state index in [1.807, 2.05) is 24.3 Å². The van der Waals surface area contributed by atoms with Crippen LogP contribution in [0, 0.1) is 5.92 Å². The first-order valence-electron chi connectivity index (χ1n) is 13.2. The summed E-state index contributed by atoms with van der Waals surface area (Å²) in [5, 5.41) is 13.5. The number of benzene rings is 2. The minimum Gasteiger partial charge on any atom is -0.339 e. The fraction of sp³-hybridized carbons (Fsp3) is 0.321. The highest BCUT2D eigenvalue weighted by atomic mass is 35.5. The maximum atomic E-state index is 12.9. The first-order valence-corrected chi connectivity index (χ1v) is 13.6. The van der Waals surface area contributed by atoms with E-state index in [1.54, 1.807) is 6.20 Å². The summed E-state index contributed by atoms with van der Waals surface area (Å²) in [5.41, 5.74) is 4.88. The Kier molecular flexibility index (Phi) is 10.1. The number of halogens is 7. The van der Waals surface area contributed by atoms with Crippen LogP contribution in [0.4, 0.5) is 55.2 Å². The van der Waals surface area contributed by atoms with Crippen molar-refractivity contribution in [3.05, 3.63) is 64.8 Å². The number of aromatic nitrogens is 2. The molecule has 1 saturated heterocycles.